The molecule has 0 aliphatic rings. The van der Waals surface area contributed by atoms with Gasteiger partial charge in [-0.1, -0.05) is 12.1 Å². The Kier molecular flexibility index (Phi) is 3.89. The quantitative estimate of drug-likeness (QED) is 0.234. The van der Waals surface area contributed by atoms with E-state index in [1.54, 1.807) is 58.0 Å². The van der Waals surface area contributed by atoms with Gasteiger partial charge in [0.2, 0.25) is 5.56 Å². The van der Waals surface area contributed by atoms with Crippen LogP contribution in [0.15, 0.2) is 50.4 Å². The van der Waals surface area contributed by atoms with E-state index in [9.17, 15) is 14.4 Å². The second kappa shape index (κ2) is 6.05. The molecule has 0 saturated heterocycles. The molecule has 0 saturated carbocycles. The fraction of sp³-hybridized carbons (Fsp3) is 0.227. The van der Waals surface area contributed by atoms with E-state index >= 15 is 0 Å². The zero-order chi connectivity index (χ0) is 20.2. The van der Waals surface area contributed by atoms with Crippen molar-refractivity contribution in [1.29, 1.82) is 0 Å². The van der Waals surface area contributed by atoms with Crippen LogP contribution in [0.5, 0.6) is 5.75 Å². The molecule has 6 nitrogen and oxygen atoms in total. The molecule has 0 radical (unpaired) electrons. The summed E-state index contributed by atoms with van der Waals surface area (Å²) in [6, 6.07) is 9.93. The van der Waals surface area contributed by atoms with Gasteiger partial charge in [0.25, 0.3) is 0 Å². The maximum atomic E-state index is 12.8. The third-order valence-corrected chi connectivity index (χ3v) is 4.68. The molecule has 0 aliphatic carbocycles. The molecule has 0 fully saturated rings. The van der Waals surface area contributed by atoms with Gasteiger partial charge in [0, 0.05) is 22.4 Å². The average molecular weight is 377 g/mol. The summed E-state index contributed by atoms with van der Waals surface area (Å²) in [7, 11) is 0. The van der Waals surface area contributed by atoms with Crippen LogP contribution in [0.2, 0.25) is 0 Å². The number of H-pyrrole nitrogens is 1. The molecule has 2 heterocycles. The lowest BCUT2D eigenvalue weighted by molar-refractivity contribution is -0.142. The largest absolute Gasteiger partial charge is 0.425 e. The molecular formula is C22H19NO5. The zero-order valence-electron chi connectivity index (χ0n) is 16.0. The third kappa shape index (κ3) is 2.78. The number of carbonyl (C=O) groups excluding carboxylic acids is 1. The van der Waals surface area contributed by atoms with Crippen LogP contribution in [0.25, 0.3) is 32.6 Å². The van der Waals surface area contributed by atoms with E-state index < -0.39 is 11.0 Å². The summed E-state index contributed by atoms with van der Waals surface area (Å²) in [6.07, 6.45) is 0. The Morgan fingerprint density at radius 3 is 2.50 bits per heavy atom. The second-order valence-electron chi connectivity index (χ2n) is 7.89. The van der Waals surface area contributed by atoms with Crippen molar-refractivity contribution >= 4 is 38.6 Å². The van der Waals surface area contributed by atoms with Crippen LogP contribution < -0.4 is 15.9 Å². The Balaban J connectivity index is 2.14. The van der Waals surface area contributed by atoms with Crippen molar-refractivity contribution < 1.29 is 13.9 Å². The minimum atomic E-state index is -0.684. The molecule has 4 rings (SSSR count). The van der Waals surface area contributed by atoms with Crippen molar-refractivity contribution in [2.75, 3.05) is 0 Å². The van der Waals surface area contributed by atoms with E-state index in [4.69, 9.17) is 9.15 Å². The standard InChI is InChI=1S/C22H19NO5/c1-11-10-16(24)23-13-9-8-12-18-14(27-20(25)19(12)17(11)13)6-5-7-15(18)28-21(26)22(2,3)4/h5-10H,1-4H3,(H,23,24). The first kappa shape index (κ1) is 18.0. The molecule has 0 aliphatic heterocycles. The van der Waals surface area contributed by atoms with Gasteiger partial charge in [0.05, 0.1) is 16.2 Å². The van der Waals surface area contributed by atoms with Crippen molar-refractivity contribution in [3.8, 4) is 5.75 Å². The average Bonchev–Trinajstić information content (AvgIpc) is 2.60. The molecule has 4 aromatic rings. The highest BCUT2D eigenvalue weighted by Gasteiger charge is 2.25. The molecule has 2 aromatic carbocycles. The number of nitrogens with one attached hydrogen (secondary N) is 1. The Hall–Kier alpha value is -3.41. The number of benzene rings is 2. The summed E-state index contributed by atoms with van der Waals surface area (Å²) < 4.78 is 11.2. The summed E-state index contributed by atoms with van der Waals surface area (Å²) in [4.78, 5) is 39.7. The fourth-order valence-corrected chi connectivity index (χ4v) is 3.32. The van der Waals surface area contributed by atoms with Crippen molar-refractivity contribution in [3.05, 3.63) is 62.7 Å². The lowest BCUT2D eigenvalue weighted by Crippen LogP contribution is -2.25. The van der Waals surface area contributed by atoms with Gasteiger partial charge in [-0.3, -0.25) is 9.59 Å². The number of hydrogen-bond donors (Lipinski definition) is 1. The number of aromatic nitrogens is 1. The first-order valence-corrected chi connectivity index (χ1v) is 8.91. The van der Waals surface area contributed by atoms with Crippen LogP contribution in [-0.4, -0.2) is 11.0 Å². The van der Waals surface area contributed by atoms with Crippen molar-refractivity contribution in [3.63, 3.8) is 0 Å². The molecule has 0 amide bonds. The van der Waals surface area contributed by atoms with E-state index in [1.807, 2.05) is 0 Å². The Morgan fingerprint density at radius 2 is 1.79 bits per heavy atom. The van der Waals surface area contributed by atoms with E-state index in [0.717, 1.165) is 0 Å². The summed E-state index contributed by atoms with van der Waals surface area (Å²) in [5, 5.41) is 2.11. The maximum absolute atomic E-state index is 12.8. The highest BCUT2D eigenvalue weighted by molar-refractivity contribution is 6.17. The zero-order valence-corrected chi connectivity index (χ0v) is 16.0. The van der Waals surface area contributed by atoms with Crippen LogP contribution in [0.4, 0.5) is 0 Å². The first-order valence-electron chi connectivity index (χ1n) is 8.91. The predicted molar refractivity (Wildman–Crippen MR) is 108 cm³/mol. The summed E-state index contributed by atoms with van der Waals surface area (Å²) in [5.74, 6) is -0.0618. The number of carbonyl (C=O) groups is 1. The number of rotatable bonds is 1. The van der Waals surface area contributed by atoms with Crippen LogP contribution >= 0.6 is 0 Å². The SMILES string of the molecule is Cc1cc(=O)[nH]c2ccc3c4c(OC(=O)C(C)(C)C)cccc4oc(=O)c3c12. The summed E-state index contributed by atoms with van der Waals surface area (Å²) >= 11 is 0. The fourth-order valence-electron chi connectivity index (χ4n) is 3.32. The normalized spacial score (nSPS) is 12.0. The minimum absolute atomic E-state index is 0.241. The molecule has 2 aromatic heterocycles. The molecule has 28 heavy (non-hydrogen) atoms. The first-order chi connectivity index (χ1) is 13.2. The Morgan fingerprint density at radius 1 is 1.04 bits per heavy atom. The summed E-state index contributed by atoms with van der Waals surface area (Å²) in [6.45, 7) is 7.08. The lowest BCUT2D eigenvalue weighted by atomic mass is 9.97. The Bertz CT molecular complexity index is 1390. The molecule has 6 heteroatoms. The highest BCUT2D eigenvalue weighted by Crippen LogP contribution is 2.35. The number of fused-ring (bicyclic) bond motifs is 5. The van der Waals surface area contributed by atoms with E-state index in [0.29, 0.717) is 44.0 Å². The topological polar surface area (TPSA) is 89.4 Å². The smallest absolute Gasteiger partial charge is 0.344 e. The molecule has 0 atom stereocenters. The predicted octanol–water partition coefficient (Wildman–Crippen LogP) is 4.05. The van der Waals surface area contributed by atoms with Crippen LogP contribution in [0.3, 0.4) is 0 Å². The number of hydrogen-bond acceptors (Lipinski definition) is 5. The molecule has 1 N–H and O–H groups in total. The van der Waals surface area contributed by atoms with Gasteiger partial charge in [-0.25, -0.2) is 4.79 Å². The van der Waals surface area contributed by atoms with Gasteiger partial charge in [0.15, 0.2) is 0 Å². The van der Waals surface area contributed by atoms with Crippen molar-refractivity contribution in [1.82, 2.24) is 4.98 Å². The Labute approximate surface area is 159 Å². The van der Waals surface area contributed by atoms with Gasteiger partial charge in [-0.2, -0.15) is 0 Å². The second-order valence-corrected chi connectivity index (χ2v) is 7.89. The van der Waals surface area contributed by atoms with Crippen molar-refractivity contribution in [2.45, 2.75) is 27.7 Å². The summed E-state index contributed by atoms with van der Waals surface area (Å²) in [5.41, 5.74) is 0.111. The third-order valence-electron chi connectivity index (χ3n) is 4.68. The van der Waals surface area contributed by atoms with Gasteiger partial charge in [-0.15, -0.1) is 0 Å². The van der Waals surface area contributed by atoms with Gasteiger partial charge in [0.1, 0.15) is 11.3 Å². The van der Waals surface area contributed by atoms with Crippen LogP contribution in [-0.2, 0) is 4.79 Å². The molecule has 0 bridgehead atoms. The molecule has 142 valence electrons. The molecule has 0 unspecified atom stereocenters. The van der Waals surface area contributed by atoms with Gasteiger partial charge < -0.3 is 14.1 Å². The van der Waals surface area contributed by atoms with E-state index in [2.05, 4.69) is 4.98 Å². The minimum Gasteiger partial charge on any atom is -0.425 e. The van der Waals surface area contributed by atoms with Crippen molar-refractivity contribution in [2.24, 2.45) is 5.41 Å². The van der Waals surface area contributed by atoms with Gasteiger partial charge in [-0.05, 0) is 51.5 Å². The number of aryl methyl sites for hydroxylation is 1. The van der Waals surface area contributed by atoms with E-state index in [-0.39, 0.29) is 11.5 Å². The lowest BCUT2D eigenvalue weighted by Gasteiger charge is -2.17. The number of ether oxygens (including phenoxy) is 1. The van der Waals surface area contributed by atoms with E-state index in [1.165, 1.54) is 6.07 Å². The van der Waals surface area contributed by atoms with Crippen LogP contribution in [0, 0.1) is 12.3 Å². The maximum Gasteiger partial charge on any atom is 0.344 e. The number of pyridine rings is 1. The van der Waals surface area contributed by atoms with Gasteiger partial charge >= 0.3 is 11.6 Å². The molecule has 0 spiro atoms. The van der Waals surface area contributed by atoms with Crippen LogP contribution in [0.1, 0.15) is 26.3 Å². The monoisotopic (exact) mass is 377 g/mol. The molecular weight excluding hydrogens is 358 g/mol. The number of aromatic amines is 1. The number of esters is 1. The highest BCUT2D eigenvalue weighted by atomic mass is 16.5.